The predicted octanol–water partition coefficient (Wildman–Crippen LogP) is 0.0946. The van der Waals surface area contributed by atoms with Gasteiger partial charge >= 0.3 is 0 Å². The molecule has 0 aromatic rings. The van der Waals surface area contributed by atoms with E-state index in [-0.39, 0.29) is 80.3 Å². The summed E-state index contributed by atoms with van der Waals surface area (Å²) in [6.07, 6.45) is 0.0658. The van der Waals surface area contributed by atoms with Crippen LogP contribution in [0.3, 0.4) is 0 Å². The quantitative estimate of drug-likeness (QED) is 0.167. The molecule has 0 rings (SSSR count). The smallest absolute Gasteiger partial charge is 0.243 e. The van der Waals surface area contributed by atoms with Crippen molar-refractivity contribution in [3.8, 4) is 0 Å². The molecule has 0 heterocycles. The third kappa shape index (κ3) is 15.7. The Balaban J connectivity index is 5.76. The van der Waals surface area contributed by atoms with Crippen molar-refractivity contribution in [1.82, 2.24) is 21.3 Å². The minimum Gasteiger partial charge on any atom is -0.351 e. The molecule has 3 amide bonds. The van der Waals surface area contributed by atoms with Gasteiger partial charge in [0.1, 0.15) is 41.0 Å². The fraction of sp³-hybridized carbons (Fsp3) is 0.692. The third-order valence-electron chi connectivity index (χ3n) is 5.70. The van der Waals surface area contributed by atoms with E-state index in [1.807, 2.05) is 0 Å². The molecule has 0 spiro atoms. The van der Waals surface area contributed by atoms with Gasteiger partial charge in [-0.1, -0.05) is 0 Å². The van der Waals surface area contributed by atoms with E-state index < -0.39 is 41.9 Å². The van der Waals surface area contributed by atoms with Crippen LogP contribution in [0.5, 0.6) is 0 Å². The molecule has 0 aliphatic rings. The number of hydrogen-bond donors (Lipinski definition) is 4. The first-order valence-corrected chi connectivity index (χ1v) is 12.7. The fourth-order valence-corrected chi connectivity index (χ4v) is 3.70. The highest BCUT2D eigenvalue weighted by Gasteiger charge is 2.30. The summed E-state index contributed by atoms with van der Waals surface area (Å²) in [5.74, 6) is -2.97. The second-order valence-electron chi connectivity index (χ2n) is 9.70. The lowest BCUT2D eigenvalue weighted by atomic mass is 10.0. The molecule has 12 nitrogen and oxygen atoms in total. The van der Waals surface area contributed by atoms with E-state index >= 15 is 0 Å². The average molecular weight is 539 g/mol. The van der Waals surface area contributed by atoms with Crippen molar-refractivity contribution in [2.45, 2.75) is 110 Å². The Labute approximate surface area is 223 Å². The molecule has 0 radical (unpaired) electrons. The molecule has 3 unspecified atom stereocenters. The largest absolute Gasteiger partial charge is 0.351 e. The molecule has 0 saturated carbocycles. The first kappa shape index (κ1) is 34.7. The van der Waals surface area contributed by atoms with Crippen molar-refractivity contribution in [3.63, 3.8) is 0 Å². The molecule has 0 aromatic heterocycles. The van der Waals surface area contributed by atoms with Crippen LogP contribution in [0.1, 0.15) is 86.0 Å². The van der Waals surface area contributed by atoms with Gasteiger partial charge in [0, 0.05) is 38.1 Å². The van der Waals surface area contributed by atoms with E-state index in [1.54, 1.807) is 0 Å². The lowest BCUT2D eigenvalue weighted by Gasteiger charge is -2.26. The standard InChI is InChI=1S/C26H42N4O8/c1-15(31)7-10-21(27-6)24(36)29-23(12-9-17(3)33)26(38)30-22(11-8-16(2)32)25(37)28-20(13-18(4)34)14-19(5)35/h20-23,27H,7-14H2,1-6H3,(H,28,37)(H,29,36)(H,30,38). The Bertz CT molecular complexity index is 886. The summed E-state index contributed by atoms with van der Waals surface area (Å²) < 4.78 is 0. The lowest BCUT2D eigenvalue weighted by Crippen LogP contribution is -2.57. The van der Waals surface area contributed by atoms with Crippen molar-refractivity contribution >= 4 is 46.6 Å². The predicted molar refractivity (Wildman–Crippen MR) is 139 cm³/mol. The van der Waals surface area contributed by atoms with Gasteiger partial charge in [0.05, 0.1) is 6.04 Å². The number of likely N-dealkylation sites (N-methyl/N-ethyl adjacent to an activating group) is 1. The fourth-order valence-electron chi connectivity index (χ4n) is 3.70. The number of ketones is 5. The molecule has 38 heavy (non-hydrogen) atoms. The first-order valence-electron chi connectivity index (χ1n) is 12.7. The highest BCUT2D eigenvalue weighted by Crippen LogP contribution is 2.08. The molecule has 4 N–H and O–H groups in total. The number of rotatable bonds is 20. The molecule has 3 atom stereocenters. The van der Waals surface area contributed by atoms with Crippen molar-refractivity contribution in [1.29, 1.82) is 0 Å². The van der Waals surface area contributed by atoms with Crippen LogP contribution in [0.25, 0.3) is 0 Å². The van der Waals surface area contributed by atoms with Crippen LogP contribution in [0, 0.1) is 0 Å². The van der Waals surface area contributed by atoms with Crippen LogP contribution in [0.4, 0.5) is 0 Å². The number of carbonyl (C=O) groups is 8. The summed E-state index contributed by atoms with van der Waals surface area (Å²) in [6.45, 7) is 6.72. The zero-order valence-electron chi connectivity index (χ0n) is 23.2. The summed E-state index contributed by atoms with van der Waals surface area (Å²) in [5.41, 5.74) is 0. The Hall–Kier alpha value is -3.28. The minimum absolute atomic E-state index is 0.0142. The van der Waals surface area contributed by atoms with Crippen LogP contribution in [-0.4, -0.2) is 77.9 Å². The average Bonchev–Trinajstić information content (AvgIpc) is 2.77. The van der Waals surface area contributed by atoms with Gasteiger partial charge in [-0.05, 0) is 60.9 Å². The molecule has 0 aliphatic carbocycles. The Morgan fingerprint density at radius 1 is 0.474 bits per heavy atom. The van der Waals surface area contributed by atoms with Gasteiger partial charge in [-0.25, -0.2) is 0 Å². The normalized spacial score (nSPS) is 13.1. The Morgan fingerprint density at radius 3 is 1.11 bits per heavy atom. The van der Waals surface area contributed by atoms with Crippen LogP contribution in [0.15, 0.2) is 0 Å². The highest BCUT2D eigenvalue weighted by molar-refractivity contribution is 5.94. The van der Waals surface area contributed by atoms with Crippen LogP contribution < -0.4 is 21.3 Å². The number of Topliss-reactive ketones (excluding diaryl/α,β-unsaturated/α-hetero) is 5. The van der Waals surface area contributed by atoms with Crippen LogP contribution in [0.2, 0.25) is 0 Å². The van der Waals surface area contributed by atoms with Gasteiger partial charge in [0.15, 0.2) is 0 Å². The summed E-state index contributed by atoms with van der Waals surface area (Å²) >= 11 is 0. The molecular formula is C26H42N4O8. The maximum atomic E-state index is 13.2. The molecule has 0 aliphatic heterocycles. The molecule has 12 heteroatoms. The maximum Gasteiger partial charge on any atom is 0.243 e. The number of nitrogens with one attached hydrogen (secondary N) is 4. The minimum atomic E-state index is -1.19. The van der Waals surface area contributed by atoms with E-state index in [1.165, 1.54) is 41.7 Å². The van der Waals surface area contributed by atoms with E-state index in [2.05, 4.69) is 21.3 Å². The van der Waals surface area contributed by atoms with E-state index in [9.17, 15) is 38.4 Å². The van der Waals surface area contributed by atoms with Crippen molar-refractivity contribution < 1.29 is 38.4 Å². The van der Waals surface area contributed by atoms with Gasteiger partial charge in [-0.15, -0.1) is 0 Å². The highest BCUT2D eigenvalue weighted by atomic mass is 16.2. The first-order chi connectivity index (χ1) is 17.7. The molecule has 214 valence electrons. The molecule has 0 bridgehead atoms. The zero-order chi connectivity index (χ0) is 29.4. The molecule has 0 aromatic carbocycles. The van der Waals surface area contributed by atoms with Crippen molar-refractivity contribution in [3.05, 3.63) is 0 Å². The molecule has 0 fully saturated rings. The van der Waals surface area contributed by atoms with E-state index in [0.717, 1.165) is 0 Å². The lowest BCUT2D eigenvalue weighted by molar-refractivity contribution is -0.133. The monoisotopic (exact) mass is 538 g/mol. The summed E-state index contributed by atoms with van der Waals surface area (Å²) in [4.78, 5) is 96.7. The Morgan fingerprint density at radius 2 is 0.789 bits per heavy atom. The summed E-state index contributed by atoms with van der Waals surface area (Å²) in [5, 5.41) is 10.5. The summed E-state index contributed by atoms with van der Waals surface area (Å²) in [6, 6.07) is -3.90. The number of hydrogen-bond acceptors (Lipinski definition) is 9. The van der Waals surface area contributed by atoms with Gasteiger partial charge < -0.3 is 35.7 Å². The van der Waals surface area contributed by atoms with Crippen LogP contribution in [-0.2, 0) is 38.4 Å². The van der Waals surface area contributed by atoms with Gasteiger partial charge in [-0.3, -0.25) is 24.0 Å². The number of carbonyl (C=O) groups excluding carboxylic acids is 8. The van der Waals surface area contributed by atoms with E-state index in [4.69, 9.17) is 0 Å². The summed E-state index contributed by atoms with van der Waals surface area (Å²) in [7, 11) is 1.54. The van der Waals surface area contributed by atoms with Gasteiger partial charge in [0.25, 0.3) is 0 Å². The molecular weight excluding hydrogens is 496 g/mol. The maximum absolute atomic E-state index is 13.2. The van der Waals surface area contributed by atoms with E-state index in [0.29, 0.717) is 0 Å². The third-order valence-corrected chi connectivity index (χ3v) is 5.70. The Kier molecular flexibility index (Phi) is 16.5. The van der Waals surface area contributed by atoms with Gasteiger partial charge in [0.2, 0.25) is 17.7 Å². The van der Waals surface area contributed by atoms with Gasteiger partial charge in [-0.2, -0.15) is 0 Å². The molecule has 0 saturated heterocycles. The van der Waals surface area contributed by atoms with Crippen molar-refractivity contribution in [2.75, 3.05) is 7.05 Å². The SMILES string of the molecule is CNC(CCC(C)=O)C(=O)NC(CCC(C)=O)C(=O)NC(CCC(C)=O)C(=O)NC(CC(C)=O)CC(C)=O. The number of amides is 3. The topological polar surface area (TPSA) is 185 Å². The van der Waals surface area contributed by atoms with Crippen LogP contribution >= 0.6 is 0 Å². The van der Waals surface area contributed by atoms with Crippen molar-refractivity contribution in [2.24, 2.45) is 0 Å². The zero-order valence-corrected chi connectivity index (χ0v) is 23.2. The second kappa shape index (κ2) is 18.1. The second-order valence-corrected chi connectivity index (χ2v) is 9.70.